The summed E-state index contributed by atoms with van der Waals surface area (Å²) < 4.78 is 5.45. The summed E-state index contributed by atoms with van der Waals surface area (Å²) in [6.45, 7) is 3.99. The van der Waals surface area contributed by atoms with Crippen molar-refractivity contribution >= 4 is 17.3 Å². The molecule has 2 aromatic rings. The first-order valence-corrected chi connectivity index (χ1v) is 12.1. The third-order valence-electron chi connectivity index (χ3n) is 6.18. The normalized spacial score (nSPS) is 20.1. The molecule has 0 spiro atoms. The van der Waals surface area contributed by atoms with Crippen molar-refractivity contribution in [2.24, 2.45) is 4.99 Å². The molecule has 0 unspecified atom stereocenters. The second-order valence-electron chi connectivity index (χ2n) is 8.25. The number of aliphatic imine (C=N–C) groups is 1. The van der Waals surface area contributed by atoms with E-state index in [2.05, 4.69) is 33.0 Å². The number of rotatable bonds is 7. The van der Waals surface area contributed by atoms with Crippen LogP contribution < -0.4 is 10.6 Å². The summed E-state index contributed by atoms with van der Waals surface area (Å²) in [5.74, 6) is 1.94. The highest BCUT2D eigenvalue weighted by molar-refractivity contribution is 7.09. The van der Waals surface area contributed by atoms with Gasteiger partial charge < -0.3 is 20.0 Å². The van der Waals surface area contributed by atoms with Gasteiger partial charge in [-0.05, 0) is 49.3 Å². The van der Waals surface area contributed by atoms with E-state index in [1.807, 2.05) is 12.1 Å². The predicted octanol–water partition coefficient (Wildman–Crippen LogP) is 4.42. The van der Waals surface area contributed by atoms with E-state index in [1.54, 1.807) is 17.6 Å². The molecular formula is C23H34N4OS. The minimum absolute atomic E-state index is 0.507. The number of nitrogens with zero attached hydrogens (tertiary/aromatic N) is 2. The summed E-state index contributed by atoms with van der Waals surface area (Å²) in [5, 5.41) is 9.33. The molecule has 4 rings (SSSR count). The average molecular weight is 415 g/mol. The minimum atomic E-state index is 0.507. The summed E-state index contributed by atoms with van der Waals surface area (Å²) in [4.78, 5) is 8.88. The summed E-state index contributed by atoms with van der Waals surface area (Å²) >= 11 is 1.76. The SMILES string of the molecule is c1coc(CCNC(=NCc2cccs2)NC2CCN(C3CCCCC3)CC2)c1. The molecule has 3 heterocycles. The number of hydrogen-bond acceptors (Lipinski definition) is 4. The van der Waals surface area contributed by atoms with Gasteiger partial charge in [0.1, 0.15) is 5.76 Å². The van der Waals surface area contributed by atoms with E-state index in [0.29, 0.717) is 6.04 Å². The Labute approximate surface area is 178 Å². The first-order valence-electron chi connectivity index (χ1n) is 11.2. The van der Waals surface area contributed by atoms with Gasteiger partial charge in [-0.3, -0.25) is 0 Å². The zero-order valence-corrected chi connectivity index (χ0v) is 18.1. The van der Waals surface area contributed by atoms with Crippen molar-refractivity contribution in [3.63, 3.8) is 0 Å². The fourth-order valence-electron chi connectivity index (χ4n) is 4.52. The number of piperidine rings is 1. The van der Waals surface area contributed by atoms with E-state index in [-0.39, 0.29) is 0 Å². The van der Waals surface area contributed by atoms with Gasteiger partial charge in [-0.15, -0.1) is 11.3 Å². The van der Waals surface area contributed by atoms with E-state index in [1.165, 1.54) is 62.9 Å². The second kappa shape index (κ2) is 10.8. The van der Waals surface area contributed by atoms with Crippen LogP contribution in [-0.2, 0) is 13.0 Å². The fourth-order valence-corrected chi connectivity index (χ4v) is 5.15. The van der Waals surface area contributed by atoms with Crippen LogP contribution in [0.5, 0.6) is 0 Å². The maximum Gasteiger partial charge on any atom is 0.191 e. The maximum atomic E-state index is 5.45. The lowest BCUT2D eigenvalue weighted by Crippen LogP contribution is -2.51. The predicted molar refractivity (Wildman–Crippen MR) is 120 cm³/mol. The lowest BCUT2D eigenvalue weighted by molar-refractivity contribution is 0.119. The molecule has 29 heavy (non-hydrogen) atoms. The third-order valence-corrected chi connectivity index (χ3v) is 7.04. The van der Waals surface area contributed by atoms with Gasteiger partial charge in [-0.2, -0.15) is 0 Å². The smallest absolute Gasteiger partial charge is 0.191 e. The molecule has 1 aliphatic carbocycles. The second-order valence-corrected chi connectivity index (χ2v) is 9.28. The first kappa shape index (κ1) is 20.5. The van der Waals surface area contributed by atoms with Gasteiger partial charge in [0.05, 0.1) is 12.8 Å². The summed E-state index contributed by atoms with van der Waals surface area (Å²) in [7, 11) is 0. The highest BCUT2D eigenvalue weighted by Crippen LogP contribution is 2.25. The van der Waals surface area contributed by atoms with Crippen molar-refractivity contribution < 1.29 is 4.42 Å². The average Bonchev–Trinajstić information content (AvgIpc) is 3.47. The van der Waals surface area contributed by atoms with Gasteiger partial charge in [0.2, 0.25) is 0 Å². The Morgan fingerprint density at radius 1 is 1.10 bits per heavy atom. The van der Waals surface area contributed by atoms with Crippen LogP contribution >= 0.6 is 11.3 Å². The molecule has 0 bridgehead atoms. The Morgan fingerprint density at radius 3 is 2.69 bits per heavy atom. The zero-order valence-electron chi connectivity index (χ0n) is 17.3. The lowest BCUT2D eigenvalue weighted by atomic mass is 9.92. The van der Waals surface area contributed by atoms with Crippen LogP contribution in [0.2, 0.25) is 0 Å². The van der Waals surface area contributed by atoms with E-state index < -0.39 is 0 Å². The van der Waals surface area contributed by atoms with Gasteiger partial charge in [0.25, 0.3) is 0 Å². The van der Waals surface area contributed by atoms with Crippen molar-refractivity contribution in [1.29, 1.82) is 0 Å². The molecule has 1 aliphatic heterocycles. The molecular weight excluding hydrogens is 380 g/mol. The van der Waals surface area contributed by atoms with E-state index in [9.17, 15) is 0 Å². The van der Waals surface area contributed by atoms with Crippen molar-refractivity contribution in [1.82, 2.24) is 15.5 Å². The van der Waals surface area contributed by atoms with Gasteiger partial charge in [-0.25, -0.2) is 4.99 Å². The van der Waals surface area contributed by atoms with Gasteiger partial charge in [0.15, 0.2) is 5.96 Å². The van der Waals surface area contributed by atoms with Crippen LogP contribution in [0.3, 0.4) is 0 Å². The van der Waals surface area contributed by atoms with Crippen molar-refractivity contribution in [2.45, 2.75) is 70.0 Å². The number of thiophene rings is 1. The Balaban J connectivity index is 1.28. The molecule has 0 radical (unpaired) electrons. The molecule has 158 valence electrons. The molecule has 2 N–H and O–H groups in total. The Morgan fingerprint density at radius 2 is 1.97 bits per heavy atom. The lowest BCUT2D eigenvalue weighted by Gasteiger charge is -2.39. The number of likely N-dealkylation sites (tertiary alicyclic amines) is 1. The molecule has 2 aromatic heterocycles. The summed E-state index contributed by atoms with van der Waals surface area (Å²) in [6, 6.07) is 9.56. The topological polar surface area (TPSA) is 52.8 Å². The highest BCUT2D eigenvalue weighted by atomic mass is 32.1. The van der Waals surface area contributed by atoms with Crippen LogP contribution in [-0.4, -0.2) is 42.6 Å². The number of nitrogens with one attached hydrogen (secondary N) is 2. The quantitative estimate of drug-likeness (QED) is 0.520. The molecule has 1 saturated heterocycles. The standard InChI is InChI=1S/C23H34N4OS/c1-2-6-20(7-3-1)27-14-11-19(12-15-27)26-23(25-18-22-9-5-17-29-22)24-13-10-21-8-4-16-28-21/h4-5,8-9,16-17,19-20H,1-3,6-7,10-15,18H2,(H2,24,25,26). The van der Waals surface area contributed by atoms with E-state index >= 15 is 0 Å². The van der Waals surface area contributed by atoms with Gasteiger partial charge >= 0.3 is 0 Å². The maximum absolute atomic E-state index is 5.45. The Kier molecular flexibility index (Phi) is 7.65. The number of furan rings is 1. The van der Waals surface area contributed by atoms with Crippen LogP contribution in [0.1, 0.15) is 55.6 Å². The van der Waals surface area contributed by atoms with Crippen molar-refractivity contribution in [2.75, 3.05) is 19.6 Å². The first-order chi connectivity index (χ1) is 14.4. The number of hydrogen-bond donors (Lipinski definition) is 2. The van der Waals surface area contributed by atoms with E-state index in [0.717, 1.165) is 37.3 Å². The monoisotopic (exact) mass is 414 g/mol. The van der Waals surface area contributed by atoms with Crippen LogP contribution in [0.25, 0.3) is 0 Å². The molecule has 6 heteroatoms. The molecule has 1 saturated carbocycles. The molecule has 0 aromatic carbocycles. The molecule has 2 fully saturated rings. The Bertz CT molecular complexity index is 714. The van der Waals surface area contributed by atoms with Gasteiger partial charge in [-0.1, -0.05) is 25.3 Å². The zero-order chi connectivity index (χ0) is 19.7. The fraction of sp³-hybridized carbons (Fsp3) is 0.609. The molecule has 2 aliphatic rings. The van der Waals surface area contributed by atoms with Crippen molar-refractivity contribution in [3.05, 3.63) is 46.5 Å². The number of guanidine groups is 1. The van der Waals surface area contributed by atoms with E-state index in [4.69, 9.17) is 9.41 Å². The van der Waals surface area contributed by atoms with Crippen LogP contribution in [0, 0.1) is 0 Å². The molecule has 5 nitrogen and oxygen atoms in total. The highest BCUT2D eigenvalue weighted by Gasteiger charge is 2.26. The van der Waals surface area contributed by atoms with Gasteiger partial charge in [0, 0.05) is 43.0 Å². The van der Waals surface area contributed by atoms with Crippen LogP contribution in [0.4, 0.5) is 0 Å². The van der Waals surface area contributed by atoms with Crippen LogP contribution in [0.15, 0.2) is 45.3 Å². The summed E-state index contributed by atoms with van der Waals surface area (Å²) in [6.07, 6.45) is 12.1. The Hall–Kier alpha value is -1.79. The molecule has 0 amide bonds. The third kappa shape index (κ3) is 6.34. The van der Waals surface area contributed by atoms with Crippen molar-refractivity contribution in [3.8, 4) is 0 Å². The molecule has 0 atom stereocenters. The largest absolute Gasteiger partial charge is 0.469 e. The summed E-state index contributed by atoms with van der Waals surface area (Å²) in [5.41, 5.74) is 0. The minimum Gasteiger partial charge on any atom is -0.469 e.